The number of hydrogen-bond acceptors (Lipinski definition) is 15. The second-order valence-electron chi connectivity index (χ2n) is 8.79. The molecule has 0 aromatic carbocycles. The van der Waals surface area contributed by atoms with E-state index in [0.29, 0.717) is 0 Å². The molecule has 19 heteroatoms. The smallest absolute Gasteiger partial charge is 0.445 e. The lowest BCUT2D eigenvalue weighted by molar-refractivity contribution is -0.169. The summed E-state index contributed by atoms with van der Waals surface area (Å²) >= 11 is 2.22. The van der Waals surface area contributed by atoms with Gasteiger partial charge in [0.05, 0.1) is 6.10 Å². The van der Waals surface area contributed by atoms with Gasteiger partial charge in [-0.2, -0.15) is 0 Å². The molecule has 0 radical (unpaired) electrons. The van der Waals surface area contributed by atoms with Gasteiger partial charge < -0.3 is 40.1 Å². The first-order chi connectivity index (χ1) is 18.8. The number of oxime groups is 1. The first-order valence-electron chi connectivity index (χ1n) is 11.7. The molecule has 3 rings (SSSR count). The summed E-state index contributed by atoms with van der Waals surface area (Å²) in [6.45, 7) is 4.16. The van der Waals surface area contributed by atoms with E-state index in [9.17, 15) is 29.2 Å². The van der Waals surface area contributed by atoms with Crippen molar-refractivity contribution in [3.05, 3.63) is 22.3 Å². The van der Waals surface area contributed by atoms with Crippen molar-refractivity contribution in [3.8, 4) is 0 Å². The third-order valence-corrected chi connectivity index (χ3v) is 7.22. The Morgan fingerprint density at radius 3 is 2.49 bits per heavy atom. The Morgan fingerprint density at radius 2 is 1.93 bits per heavy atom. The third kappa shape index (κ3) is 7.92. The van der Waals surface area contributed by atoms with Gasteiger partial charge in [-0.25, -0.2) is 19.4 Å². The molecule has 2 unspecified atom stereocenters. The summed E-state index contributed by atoms with van der Waals surface area (Å²) < 4.78 is 20.2. The lowest BCUT2D eigenvalue weighted by Gasteiger charge is -2.49. The fourth-order valence-electron chi connectivity index (χ4n) is 3.47. The van der Waals surface area contributed by atoms with Crippen LogP contribution in [0.5, 0.6) is 0 Å². The van der Waals surface area contributed by atoms with Crippen LogP contribution in [0.15, 0.2) is 21.8 Å². The highest BCUT2D eigenvalue weighted by Gasteiger charge is 2.55. The normalized spacial score (nSPS) is 18.8. The van der Waals surface area contributed by atoms with Gasteiger partial charge >= 0.3 is 18.2 Å². The van der Waals surface area contributed by atoms with Crippen LogP contribution in [0.3, 0.4) is 0 Å². The van der Waals surface area contributed by atoms with Gasteiger partial charge in [0.15, 0.2) is 10.8 Å². The molecule has 0 aliphatic carbocycles. The zero-order valence-electron chi connectivity index (χ0n) is 22.5. The Kier molecular flexibility index (Phi) is 11.6. The average molecular weight is 637 g/mol. The summed E-state index contributed by atoms with van der Waals surface area (Å²) in [6.07, 6.45) is -3.60. The van der Waals surface area contributed by atoms with Gasteiger partial charge in [0.1, 0.15) is 29.4 Å². The molecule has 2 aliphatic heterocycles. The van der Waals surface area contributed by atoms with Crippen molar-refractivity contribution in [1.29, 1.82) is 0 Å². The molecule has 1 saturated heterocycles. The van der Waals surface area contributed by atoms with Gasteiger partial charge in [-0.1, -0.05) is 5.16 Å². The molecule has 3 atom stereocenters. The van der Waals surface area contributed by atoms with E-state index in [0.717, 1.165) is 16.2 Å². The topological polar surface area (TPSA) is 212 Å². The van der Waals surface area contributed by atoms with Crippen LogP contribution in [0.2, 0.25) is 0 Å². The molecule has 3 amide bonds. The zero-order valence-corrected chi connectivity index (χ0v) is 25.0. The number of hydrogen-bond donors (Lipinski definition) is 3. The van der Waals surface area contributed by atoms with E-state index in [1.165, 1.54) is 43.1 Å². The number of rotatable bonds is 9. The number of thiazole rings is 1. The second kappa shape index (κ2) is 14.2. The average Bonchev–Trinajstić information content (AvgIpc) is 3.30. The van der Waals surface area contributed by atoms with Crippen LogP contribution < -0.4 is 11.1 Å². The number of halogens is 1. The Morgan fingerprint density at radius 1 is 1.24 bits per heavy atom. The highest BCUT2D eigenvalue weighted by Crippen LogP contribution is 2.41. The van der Waals surface area contributed by atoms with Crippen molar-refractivity contribution >= 4 is 76.4 Å². The van der Waals surface area contributed by atoms with E-state index in [4.69, 9.17) is 24.7 Å². The van der Waals surface area contributed by atoms with E-state index in [1.807, 2.05) is 0 Å². The minimum absolute atomic E-state index is 0. The number of aromatic nitrogens is 1. The lowest BCUT2D eigenvalue weighted by Crippen LogP contribution is -2.71. The molecule has 41 heavy (non-hydrogen) atoms. The van der Waals surface area contributed by atoms with Gasteiger partial charge in [-0.3, -0.25) is 14.5 Å². The van der Waals surface area contributed by atoms with Crippen LogP contribution in [0, 0.1) is 0 Å². The molecule has 226 valence electrons. The van der Waals surface area contributed by atoms with Crippen LogP contribution in [0.4, 0.5) is 14.7 Å². The maximum Gasteiger partial charge on any atom is 0.511 e. The summed E-state index contributed by atoms with van der Waals surface area (Å²) in [5, 5.41) is 15.6. The number of fused-ring (bicyclic) bond motifs is 1. The zero-order chi connectivity index (χ0) is 29.7. The van der Waals surface area contributed by atoms with Crippen LogP contribution >= 0.6 is 35.5 Å². The fraction of sp³-hybridized carbons (Fsp3) is 0.500. The number of esters is 1. The highest BCUT2D eigenvalue weighted by molar-refractivity contribution is 8.00. The number of nitrogen functional groups attached to an aromatic ring is 1. The van der Waals surface area contributed by atoms with Crippen molar-refractivity contribution in [2.45, 2.75) is 44.6 Å². The van der Waals surface area contributed by atoms with Crippen LogP contribution in [0.25, 0.3) is 0 Å². The fourth-order valence-corrected chi connectivity index (χ4v) is 5.34. The van der Waals surface area contributed by atoms with E-state index < -0.39 is 59.6 Å². The van der Waals surface area contributed by atoms with Crippen molar-refractivity contribution in [2.75, 3.05) is 32.2 Å². The Hall–Kier alpha value is -3.77. The van der Waals surface area contributed by atoms with E-state index in [-0.39, 0.29) is 46.9 Å². The van der Waals surface area contributed by atoms with Gasteiger partial charge in [0, 0.05) is 37.7 Å². The van der Waals surface area contributed by atoms with Crippen molar-refractivity contribution < 1.29 is 48.1 Å². The molecule has 0 spiro atoms. The number of nitrogens with two attached hydrogens (primary N) is 1. The van der Waals surface area contributed by atoms with Gasteiger partial charge in [0.25, 0.3) is 11.8 Å². The van der Waals surface area contributed by atoms with E-state index >= 15 is 0 Å². The standard InChI is InChI=1S/C22H28N6O10S2.ClH/c1-9(2)36-22(33)38-10(3)37-19(31)15-11(6-35-21(32)27(4)5)7-39-18-14(17(30)28(15)18)25-16(29)13(26-34)12-8-40-20(23)24-12;/h8-10,14,18,34H,6-7H2,1-5H3,(H2,23,24)(H,25,29);1H/t10?,14?,18-;/m1./s1. The van der Waals surface area contributed by atoms with Crippen LogP contribution in [-0.4, -0.2) is 106 Å². The largest absolute Gasteiger partial charge is 0.511 e. The lowest BCUT2D eigenvalue weighted by atomic mass is 10.0. The van der Waals surface area contributed by atoms with Crippen molar-refractivity contribution in [3.63, 3.8) is 0 Å². The number of β-lactam (4-membered cyclic amide) rings is 1. The van der Waals surface area contributed by atoms with E-state index in [2.05, 4.69) is 15.5 Å². The predicted octanol–water partition coefficient (Wildman–Crippen LogP) is 1.13. The molecular weight excluding hydrogens is 608 g/mol. The van der Waals surface area contributed by atoms with E-state index in [1.54, 1.807) is 13.8 Å². The first kappa shape index (κ1) is 33.4. The summed E-state index contributed by atoms with van der Waals surface area (Å²) in [7, 11) is 2.95. The summed E-state index contributed by atoms with van der Waals surface area (Å²) in [5.74, 6) is -2.48. The number of carbonyl (C=O) groups is 5. The van der Waals surface area contributed by atoms with Crippen LogP contribution in [0.1, 0.15) is 26.5 Å². The van der Waals surface area contributed by atoms with Crippen molar-refractivity contribution in [1.82, 2.24) is 20.1 Å². The van der Waals surface area contributed by atoms with Crippen molar-refractivity contribution in [2.24, 2.45) is 5.16 Å². The number of nitrogens with zero attached hydrogens (tertiary/aromatic N) is 4. The Balaban J connectivity index is 0.00000588. The summed E-state index contributed by atoms with van der Waals surface area (Å²) in [4.78, 5) is 69.1. The third-order valence-electron chi connectivity index (χ3n) is 5.21. The molecule has 16 nitrogen and oxygen atoms in total. The number of amides is 3. The summed E-state index contributed by atoms with van der Waals surface area (Å²) in [6, 6.07) is -1.10. The number of nitrogens with one attached hydrogen (secondary N) is 1. The number of carbonyl (C=O) groups excluding carboxylic acids is 5. The first-order valence-corrected chi connectivity index (χ1v) is 13.6. The minimum atomic E-state index is -1.38. The summed E-state index contributed by atoms with van der Waals surface area (Å²) in [5.41, 5.74) is 5.17. The second-order valence-corrected chi connectivity index (χ2v) is 10.8. The van der Waals surface area contributed by atoms with Gasteiger partial charge in [0.2, 0.25) is 6.29 Å². The van der Waals surface area contributed by atoms with Crippen LogP contribution in [-0.2, 0) is 33.3 Å². The Labute approximate surface area is 248 Å². The maximum absolute atomic E-state index is 13.2. The number of anilines is 1. The Bertz CT molecular complexity index is 1250. The molecule has 2 aliphatic rings. The molecule has 1 fully saturated rings. The molecule has 1 aromatic rings. The molecule has 0 bridgehead atoms. The molecule has 1 aromatic heterocycles. The van der Waals surface area contributed by atoms with Gasteiger partial charge in [-0.05, 0) is 13.8 Å². The highest BCUT2D eigenvalue weighted by atomic mass is 35.5. The minimum Gasteiger partial charge on any atom is -0.445 e. The molecule has 3 heterocycles. The molecule has 4 N–H and O–H groups in total. The molecular formula is C22H29ClN6O10S2. The molecule has 0 saturated carbocycles. The van der Waals surface area contributed by atoms with Gasteiger partial charge in [-0.15, -0.1) is 35.5 Å². The number of ether oxygens (including phenoxy) is 4. The SMILES string of the molecule is CC(C)OC(=O)OC(C)OC(=O)C1=C(COC(=O)N(C)C)CS[C@@H]2C(NC(=O)C(=NO)c3csc(N)n3)C(=O)N12.Cl. The predicted molar refractivity (Wildman–Crippen MR) is 147 cm³/mol. The quantitative estimate of drug-likeness (QED) is 0.0660. The monoisotopic (exact) mass is 636 g/mol. The number of thioether (sulfide) groups is 1. The maximum atomic E-state index is 13.2.